The molecule has 3 aromatic carbocycles. The van der Waals surface area contributed by atoms with Crippen molar-refractivity contribution in [3.63, 3.8) is 0 Å². The van der Waals surface area contributed by atoms with E-state index in [2.05, 4.69) is 16.4 Å². The zero-order valence-electron chi connectivity index (χ0n) is 17.2. The smallest absolute Gasteiger partial charge is 0.272 e. The molecule has 0 radical (unpaired) electrons. The monoisotopic (exact) mass is 441 g/mol. The minimum atomic E-state index is -3.55. The van der Waals surface area contributed by atoms with Crippen molar-refractivity contribution in [1.82, 2.24) is 4.98 Å². The Morgan fingerprint density at radius 2 is 1.66 bits per heavy atom. The molecule has 0 amide bonds. The number of aromatic nitrogens is 1. The topological polar surface area (TPSA) is 103 Å². The number of pyridine rings is 1. The molecule has 4 rings (SSSR count). The molecule has 0 fully saturated rings. The minimum absolute atomic E-state index is 0.180. The van der Waals surface area contributed by atoms with Crippen LogP contribution in [0.2, 0.25) is 0 Å². The minimum Gasteiger partial charge on any atom is -0.350 e. The number of nitrogens with zero attached hydrogens (tertiary/aromatic N) is 1. The summed E-state index contributed by atoms with van der Waals surface area (Å²) in [6.45, 7) is 0. The molecule has 6 nitrogen and oxygen atoms in total. The van der Waals surface area contributed by atoms with Gasteiger partial charge in [-0.05, 0) is 41.5 Å². The molecule has 2 N–H and O–H groups in total. The van der Waals surface area contributed by atoms with Crippen LogP contribution in [0.3, 0.4) is 0 Å². The zero-order valence-corrected chi connectivity index (χ0v) is 18.0. The van der Waals surface area contributed by atoms with Crippen LogP contribution in [0.15, 0.2) is 94.7 Å². The van der Waals surface area contributed by atoms with Gasteiger partial charge in [0.2, 0.25) is 0 Å². The van der Waals surface area contributed by atoms with Crippen LogP contribution in [0.1, 0.15) is 5.56 Å². The van der Waals surface area contributed by atoms with Gasteiger partial charge in [-0.2, -0.15) is 5.26 Å². The molecule has 0 spiro atoms. The lowest BCUT2D eigenvalue weighted by Crippen LogP contribution is -2.12. The summed E-state index contributed by atoms with van der Waals surface area (Å²) < 4.78 is 25.2. The van der Waals surface area contributed by atoms with Gasteiger partial charge in [0.05, 0.1) is 16.5 Å². The van der Waals surface area contributed by atoms with E-state index in [1.54, 1.807) is 48.5 Å². The van der Waals surface area contributed by atoms with E-state index in [0.717, 1.165) is 5.56 Å². The van der Waals surface area contributed by atoms with Crippen LogP contribution in [0, 0.1) is 11.3 Å². The Morgan fingerprint density at radius 3 is 2.38 bits per heavy atom. The predicted molar refractivity (Wildman–Crippen MR) is 125 cm³/mol. The Balaban J connectivity index is 1.87. The number of benzene rings is 3. The molecule has 1 heterocycles. The maximum Gasteiger partial charge on any atom is 0.272 e. The molecule has 158 valence electrons. The van der Waals surface area contributed by atoms with E-state index < -0.39 is 9.84 Å². The number of hydrogen-bond donors (Lipinski definition) is 2. The Kier molecular flexibility index (Phi) is 5.63. The van der Waals surface area contributed by atoms with Crippen molar-refractivity contribution in [2.24, 2.45) is 0 Å². The van der Waals surface area contributed by atoms with Gasteiger partial charge in [0.15, 0.2) is 9.84 Å². The van der Waals surface area contributed by atoms with Crippen molar-refractivity contribution >= 4 is 21.2 Å². The maximum atomic E-state index is 12.6. The van der Waals surface area contributed by atoms with Crippen LogP contribution < -0.4 is 10.9 Å². The summed E-state index contributed by atoms with van der Waals surface area (Å²) >= 11 is 0. The molecule has 0 bridgehead atoms. The fourth-order valence-electron chi connectivity index (χ4n) is 3.51. The molecule has 0 unspecified atom stereocenters. The fraction of sp³-hybridized carbons (Fsp3) is 0.0400. The molecule has 0 atom stereocenters. The molecule has 1 aromatic heterocycles. The number of nitriles is 1. The fourth-order valence-corrected chi connectivity index (χ4v) is 4.43. The third-order valence-electron chi connectivity index (χ3n) is 5.00. The second kappa shape index (κ2) is 8.53. The lowest BCUT2D eigenvalue weighted by atomic mass is 9.99. The van der Waals surface area contributed by atoms with Crippen molar-refractivity contribution in [1.29, 1.82) is 5.26 Å². The Labute approximate surface area is 185 Å². The first-order valence-electron chi connectivity index (χ1n) is 9.75. The Hall–Kier alpha value is -4.15. The lowest BCUT2D eigenvalue weighted by molar-refractivity contribution is 0.602. The standard InChI is InChI=1S/C25H19N3O3S/c1-32(30,31)23-15-19(10-11-21(23)18-7-3-2-4-8-18)22-12-13-27-25(29)24(22)28-20-9-5-6-17(14-20)16-26/h2-15,28H,1H3,(H,27,29). The first-order chi connectivity index (χ1) is 15.4. The van der Waals surface area contributed by atoms with Gasteiger partial charge in [0.1, 0.15) is 5.69 Å². The lowest BCUT2D eigenvalue weighted by Gasteiger charge is -2.14. The summed E-state index contributed by atoms with van der Waals surface area (Å²) in [5.74, 6) is 0. The number of anilines is 2. The molecule has 0 aliphatic heterocycles. The van der Waals surface area contributed by atoms with Crippen molar-refractivity contribution < 1.29 is 8.42 Å². The molecule has 4 aromatic rings. The van der Waals surface area contributed by atoms with Crippen molar-refractivity contribution in [2.75, 3.05) is 11.6 Å². The molecular weight excluding hydrogens is 422 g/mol. The molecule has 7 heteroatoms. The number of hydrogen-bond acceptors (Lipinski definition) is 5. The van der Waals surface area contributed by atoms with Gasteiger partial charge in [0, 0.05) is 29.3 Å². The molecule has 0 aliphatic rings. The van der Waals surface area contributed by atoms with Crippen molar-refractivity contribution in [2.45, 2.75) is 4.90 Å². The molecule has 0 aliphatic carbocycles. The van der Waals surface area contributed by atoms with Crippen LogP contribution in [-0.2, 0) is 9.84 Å². The van der Waals surface area contributed by atoms with Gasteiger partial charge >= 0.3 is 0 Å². The number of aromatic amines is 1. The maximum absolute atomic E-state index is 12.6. The molecule has 0 saturated heterocycles. The second-order valence-corrected chi connectivity index (χ2v) is 9.25. The second-order valence-electron chi connectivity index (χ2n) is 7.26. The first kappa shape index (κ1) is 21.1. The summed E-state index contributed by atoms with van der Waals surface area (Å²) in [5, 5.41) is 12.2. The number of nitrogens with one attached hydrogen (secondary N) is 2. The SMILES string of the molecule is CS(=O)(=O)c1cc(-c2cc[nH]c(=O)c2Nc2cccc(C#N)c2)ccc1-c1ccccc1. The summed E-state index contributed by atoms with van der Waals surface area (Å²) in [6.07, 6.45) is 2.68. The molecule has 0 saturated carbocycles. The Bertz CT molecular complexity index is 1500. The summed E-state index contributed by atoms with van der Waals surface area (Å²) in [4.78, 5) is 15.5. The average Bonchev–Trinajstić information content (AvgIpc) is 2.80. The first-order valence-corrected chi connectivity index (χ1v) is 11.6. The van der Waals surface area contributed by atoms with E-state index in [4.69, 9.17) is 5.26 Å². The molecular formula is C25H19N3O3S. The van der Waals surface area contributed by atoms with Crippen molar-refractivity contribution in [3.05, 3.63) is 101 Å². The zero-order chi connectivity index (χ0) is 22.7. The highest BCUT2D eigenvalue weighted by Gasteiger charge is 2.18. The van der Waals surface area contributed by atoms with Crippen LogP contribution in [0.4, 0.5) is 11.4 Å². The van der Waals surface area contributed by atoms with Gasteiger partial charge in [-0.15, -0.1) is 0 Å². The van der Waals surface area contributed by atoms with Gasteiger partial charge in [0.25, 0.3) is 5.56 Å². The highest BCUT2D eigenvalue weighted by atomic mass is 32.2. The van der Waals surface area contributed by atoms with Crippen LogP contribution in [0.25, 0.3) is 22.3 Å². The Morgan fingerprint density at radius 1 is 0.875 bits per heavy atom. The van der Waals surface area contributed by atoms with Crippen LogP contribution in [-0.4, -0.2) is 19.7 Å². The van der Waals surface area contributed by atoms with Gasteiger partial charge in [-0.1, -0.05) is 48.5 Å². The van der Waals surface area contributed by atoms with Crippen LogP contribution in [0.5, 0.6) is 0 Å². The normalized spacial score (nSPS) is 11.0. The number of rotatable bonds is 5. The third kappa shape index (κ3) is 4.31. The van der Waals surface area contributed by atoms with E-state index >= 15 is 0 Å². The highest BCUT2D eigenvalue weighted by Crippen LogP contribution is 2.34. The van der Waals surface area contributed by atoms with E-state index in [-0.39, 0.29) is 16.1 Å². The van der Waals surface area contributed by atoms with Crippen LogP contribution >= 0.6 is 0 Å². The van der Waals surface area contributed by atoms with E-state index in [1.165, 1.54) is 12.5 Å². The third-order valence-corrected chi connectivity index (χ3v) is 6.14. The van der Waals surface area contributed by atoms with E-state index in [0.29, 0.717) is 27.9 Å². The largest absolute Gasteiger partial charge is 0.350 e. The van der Waals surface area contributed by atoms with E-state index in [9.17, 15) is 13.2 Å². The quantitative estimate of drug-likeness (QED) is 0.466. The highest BCUT2D eigenvalue weighted by molar-refractivity contribution is 7.90. The molecule has 32 heavy (non-hydrogen) atoms. The average molecular weight is 442 g/mol. The summed E-state index contributed by atoms with van der Waals surface area (Å²) in [7, 11) is -3.55. The predicted octanol–water partition coefficient (Wildman–Crippen LogP) is 4.73. The van der Waals surface area contributed by atoms with Crippen molar-refractivity contribution in [3.8, 4) is 28.3 Å². The summed E-state index contributed by atoms with van der Waals surface area (Å²) in [6, 6.07) is 25.0. The number of H-pyrrole nitrogens is 1. The summed E-state index contributed by atoms with van der Waals surface area (Å²) in [5.41, 5.74) is 3.43. The number of sulfone groups is 1. The van der Waals surface area contributed by atoms with Gasteiger partial charge in [-0.3, -0.25) is 4.79 Å². The van der Waals surface area contributed by atoms with E-state index in [1.807, 2.05) is 30.3 Å². The van der Waals surface area contributed by atoms with Gasteiger partial charge in [-0.25, -0.2) is 8.42 Å². The van der Waals surface area contributed by atoms with Gasteiger partial charge < -0.3 is 10.3 Å².